The van der Waals surface area contributed by atoms with Crippen molar-refractivity contribution in [3.8, 4) is 0 Å². The lowest BCUT2D eigenvalue weighted by atomic mass is 9.97. The van der Waals surface area contributed by atoms with E-state index in [1.165, 1.54) is 6.42 Å². The summed E-state index contributed by atoms with van der Waals surface area (Å²) in [5.41, 5.74) is 2.73. The zero-order valence-electron chi connectivity index (χ0n) is 14.1. The number of carbonyl (C=O) groups is 1. The second-order valence-corrected chi connectivity index (χ2v) is 6.47. The minimum Gasteiger partial charge on any atom is -0.352 e. The molecule has 1 fully saturated rings. The lowest BCUT2D eigenvalue weighted by molar-refractivity contribution is 0.0929. The molecule has 2 aromatic rings. The molecule has 1 N–H and O–H groups in total. The number of pyridine rings is 2. The first kappa shape index (κ1) is 16.6. The van der Waals surface area contributed by atoms with Crippen molar-refractivity contribution >= 4 is 5.91 Å². The summed E-state index contributed by atoms with van der Waals surface area (Å²) in [7, 11) is 0. The second-order valence-electron chi connectivity index (χ2n) is 6.47. The van der Waals surface area contributed by atoms with Crippen LogP contribution in [0.25, 0.3) is 0 Å². The van der Waals surface area contributed by atoms with E-state index < -0.39 is 0 Å². The van der Waals surface area contributed by atoms with Crippen molar-refractivity contribution in [1.82, 2.24) is 20.2 Å². The Morgan fingerprint density at radius 1 is 1.33 bits per heavy atom. The molecule has 0 bridgehead atoms. The molecule has 0 unspecified atom stereocenters. The number of carbonyl (C=O) groups excluding carboxylic acids is 1. The standard InChI is InChI=1S/C19H24N4O/c1-15-11-20-9-7-18(15)19(24)22-12-16-5-4-10-23(13-16)14-17-6-2-3-8-21-17/h2-3,6-9,11,16H,4-5,10,12-14H2,1H3,(H,22,24)/t16-/m1/s1. The highest BCUT2D eigenvalue weighted by Gasteiger charge is 2.21. The van der Waals surface area contributed by atoms with Crippen LogP contribution in [-0.2, 0) is 6.54 Å². The van der Waals surface area contributed by atoms with E-state index in [2.05, 4.69) is 26.3 Å². The molecule has 24 heavy (non-hydrogen) atoms. The molecule has 0 saturated carbocycles. The summed E-state index contributed by atoms with van der Waals surface area (Å²) in [6.45, 7) is 5.63. The monoisotopic (exact) mass is 324 g/mol. The summed E-state index contributed by atoms with van der Waals surface area (Å²) in [5, 5.41) is 3.08. The molecular formula is C19H24N4O. The van der Waals surface area contributed by atoms with Gasteiger partial charge in [0.15, 0.2) is 0 Å². The fourth-order valence-electron chi connectivity index (χ4n) is 3.24. The number of likely N-dealkylation sites (tertiary alicyclic amines) is 1. The van der Waals surface area contributed by atoms with Crippen molar-refractivity contribution in [2.45, 2.75) is 26.3 Å². The van der Waals surface area contributed by atoms with Gasteiger partial charge in [0.2, 0.25) is 0 Å². The van der Waals surface area contributed by atoms with E-state index >= 15 is 0 Å². The molecule has 1 atom stereocenters. The molecule has 0 aromatic carbocycles. The Balaban J connectivity index is 1.50. The summed E-state index contributed by atoms with van der Waals surface area (Å²) < 4.78 is 0. The molecule has 5 heteroatoms. The predicted molar refractivity (Wildman–Crippen MR) is 93.5 cm³/mol. The SMILES string of the molecule is Cc1cnccc1C(=O)NC[C@H]1CCCN(Cc2ccccn2)C1. The van der Waals surface area contributed by atoms with Gasteiger partial charge in [0.25, 0.3) is 5.91 Å². The fourth-order valence-corrected chi connectivity index (χ4v) is 3.24. The van der Waals surface area contributed by atoms with Gasteiger partial charge >= 0.3 is 0 Å². The van der Waals surface area contributed by atoms with Gasteiger partial charge in [-0.05, 0) is 56.0 Å². The van der Waals surface area contributed by atoms with Crippen LogP contribution in [0.4, 0.5) is 0 Å². The highest BCUT2D eigenvalue weighted by Crippen LogP contribution is 2.17. The maximum absolute atomic E-state index is 12.3. The van der Waals surface area contributed by atoms with Gasteiger partial charge in [0.1, 0.15) is 0 Å². The smallest absolute Gasteiger partial charge is 0.251 e. The topological polar surface area (TPSA) is 58.1 Å². The molecule has 0 spiro atoms. The van der Waals surface area contributed by atoms with Crippen LogP contribution in [0.5, 0.6) is 0 Å². The van der Waals surface area contributed by atoms with E-state index in [0.717, 1.165) is 43.9 Å². The van der Waals surface area contributed by atoms with Crippen LogP contribution in [0.3, 0.4) is 0 Å². The number of rotatable bonds is 5. The van der Waals surface area contributed by atoms with E-state index in [9.17, 15) is 4.79 Å². The molecule has 126 valence electrons. The molecule has 1 aliphatic rings. The van der Waals surface area contributed by atoms with E-state index in [4.69, 9.17) is 0 Å². The summed E-state index contributed by atoms with van der Waals surface area (Å²) >= 11 is 0. The van der Waals surface area contributed by atoms with E-state index in [-0.39, 0.29) is 5.91 Å². The average Bonchev–Trinajstić information content (AvgIpc) is 2.61. The van der Waals surface area contributed by atoms with Gasteiger partial charge < -0.3 is 5.32 Å². The van der Waals surface area contributed by atoms with Crippen molar-refractivity contribution in [2.24, 2.45) is 5.92 Å². The van der Waals surface area contributed by atoms with Gasteiger partial charge in [-0.3, -0.25) is 19.7 Å². The highest BCUT2D eigenvalue weighted by molar-refractivity contribution is 5.95. The third kappa shape index (κ3) is 4.38. The van der Waals surface area contributed by atoms with Crippen LogP contribution in [0, 0.1) is 12.8 Å². The Labute approximate surface area is 143 Å². The summed E-state index contributed by atoms with van der Waals surface area (Å²) in [6.07, 6.45) is 7.56. The van der Waals surface area contributed by atoms with E-state index in [0.29, 0.717) is 11.5 Å². The minimum atomic E-state index is -0.00301. The molecule has 3 rings (SSSR count). The molecule has 1 amide bonds. The lowest BCUT2D eigenvalue weighted by Crippen LogP contribution is -2.40. The second kappa shape index (κ2) is 8.02. The molecular weight excluding hydrogens is 300 g/mol. The maximum Gasteiger partial charge on any atom is 0.251 e. The molecule has 5 nitrogen and oxygen atoms in total. The molecule has 0 radical (unpaired) electrons. The first-order chi connectivity index (χ1) is 11.7. The summed E-state index contributed by atoms with van der Waals surface area (Å²) in [4.78, 5) is 23.2. The van der Waals surface area contributed by atoms with Crippen molar-refractivity contribution < 1.29 is 4.79 Å². The number of nitrogens with zero attached hydrogens (tertiary/aromatic N) is 3. The Hall–Kier alpha value is -2.27. The van der Waals surface area contributed by atoms with E-state index in [1.807, 2.05) is 25.3 Å². The summed E-state index contributed by atoms with van der Waals surface area (Å²) in [6, 6.07) is 7.82. The first-order valence-electron chi connectivity index (χ1n) is 8.53. The van der Waals surface area contributed by atoms with Gasteiger partial charge in [-0.2, -0.15) is 0 Å². The lowest BCUT2D eigenvalue weighted by Gasteiger charge is -2.32. The number of hydrogen-bond donors (Lipinski definition) is 1. The van der Waals surface area contributed by atoms with Gasteiger partial charge in [-0.15, -0.1) is 0 Å². The van der Waals surface area contributed by atoms with Crippen LogP contribution in [0.2, 0.25) is 0 Å². The van der Waals surface area contributed by atoms with Crippen molar-refractivity contribution in [1.29, 1.82) is 0 Å². The highest BCUT2D eigenvalue weighted by atomic mass is 16.1. The van der Waals surface area contributed by atoms with Crippen LogP contribution in [0.15, 0.2) is 42.9 Å². The minimum absolute atomic E-state index is 0.00301. The van der Waals surface area contributed by atoms with Gasteiger partial charge in [-0.1, -0.05) is 6.07 Å². The fraction of sp³-hybridized carbons (Fsp3) is 0.421. The number of aromatic nitrogens is 2. The van der Waals surface area contributed by atoms with Crippen molar-refractivity contribution in [3.63, 3.8) is 0 Å². The Bertz CT molecular complexity index is 674. The maximum atomic E-state index is 12.3. The van der Waals surface area contributed by atoms with Crippen molar-refractivity contribution in [2.75, 3.05) is 19.6 Å². The quantitative estimate of drug-likeness (QED) is 0.918. The number of piperidine rings is 1. The Morgan fingerprint density at radius 3 is 3.04 bits per heavy atom. The Morgan fingerprint density at radius 2 is 2.25 bits per heavy atom. The normalized spacial score (nSPS) is 18.3. The third-order valence-electron chi connectivity index (χ3n) is 4.53. The third-order valence-corrected chi connectivity index (χ3v) is 4.53. The number of nitrogens with one attached hydrogen (secondary N) is 1. The van der Waals surface area contributed by atoms with Gasteiger partial charge in [0, 0.05) is 43.8 Å². The Kier molecular flexibility index (Phi) is 5.54. The predicted octanol–water partition coefficient (Wildman–Crippen LogP) is 2.43. The van der Waals surface area contributed by atoms with Crippen LogP contribution in [-0.4, -0.2) is 40.4 Å². The number of aryl methyl sites for hydroxylation is 1. The van der Waals surface area contributed by atoms with Gasteiger partial charge in [0.05, 0.1) is 5.69 Å². The number of hydrogen-bond acceptors (Lipinski definition) is 4. The average molecular weight is 324 g/mol. The van der Waals surface area contributed by atoms with Crippen molar-refractivity contribution in [3.05, 3.63) is 59.7 Å². The first-order valence-corrected chi connectivity index (χ1v) is 8.53. The van der Waals surface area contributed by atoms with Gasteiger partial charge in [-0.25, -0.2) is 0 Å². The molecule has 3 heterocycles. The molecule has 0 aliphatic carbocycles. The summed E-state index contributed by atoms with van der Waals surface area (Å²) in [5.74, 6) is 0.491. The molecule has 1 aliphatic heterocycles. The van der Waals surface area contributed by atoms with E-state index in [1.54, 1.807) is 18.5 Å². The molecule has 1 saturated heterocycles. The van der Waals surface area contributed by atoms with Crippen LogP contribution >= 0.6 is 0 Å². The zero-order valence-corrected chi connectivity index (χ0v) is 14.1. The van der Waals surface area contributed by atoms with Crippen LogP contribution < -0.4 is 5.32 Å². The number of amides is 1. The molecule has 2 aromatic heterocycles. The largest absolute Gasteiger partial charge is 0.352 e. The van der Waals surface area contributed by atoms with Crippen LogP contribution in [0.1, 0.15) is 34.5 Å². The zero-order chi connectivity index (χ0) is 16.8.